The number of rotatable bonds is 10. The van der Waals surface area contributed by atoms with Crippen LogP contribution in [0, 0.1) is 0 Å². The minimum absolute atomic E-state index is 0.0254. The summed E-state index contributed by atoms with van der Waals surface area (Å²) >= 11 is 1.80. The van der Waals surface area contributed by atoms with E-state index in [2.05, 4.69) is 46.9 Å². The van der Waals surface area contributed by atoms with E-state index in [9.17, 15) is 0 Å². The van der Waals surface area contributed by atoms with Gasteiger partial charge in [0, 0.05) is 42.9 Å². The molecule has 1 aliphatic heterocycles. The lowest BCUT2D eigenvalue weighted by molar-refractivity contribution is 0.0376. The van der Waals surface area contributed by atoms with Crippen molar-refractivity contribution < 1.29 is 9.15 Å². The first-order valence-corrected chi connectivity index (χ1v) is 11.4. The van der Waals surface area contributed by atoms with Crippen molar-refractivity contribution in [3.8, 4) is 0 Å². The molecule has 0 atom stereocenters. The Hall–Kier alpha value is -1.83. The van der Waals surface area contributed by atoms with Crippen molar-refractivity contribution >= 4 is 17.3 Å². The Morgan fingerprint density at radius 3 is 2.72 bits per heavy atom. The zero-order valence-corrected chi connectivity index (χ0v) is 18.5. The Labute approximate surface area is 178 Å². The zero-order valence-electron chi connectivity index (χ0n) is 17.7. The average molecular weight is 419 g/mol. The van der Waals surface area contributed by atoms with Crippen LogP contribution < -0.4 is 10.6 Å². The molecule has 1 saturated heterocycles. The van der Waals surface area contributed by atoms with Crippen LogP contribution in [-0.2, 0) is 16.6 Å². The van der Waals surface area contributed by atoms with E-state index in [0.717, 1.165) is 77.0 Å². The van der Waals surface area contributed by atoms with E-state index in [0.29, 0.717) is 0 Å². The number of ether oxygens (including phenoxy) is 1. The maximum Gasteiger partial charge on any atom is 0.191 e. The molecule has 0 aliphatic carbocycles. The van der Waals surface area contributed by atoms with Gasteiger partial charge in [0.05, 0.1) is 26.0 Å². The fourth-order valence-electron chi connectivity index (χ4n) is 3.29. The Morgan fingerprint density at radius 2 is 2.00 bits per heavy atom. The molecule has 1 aliphatic rings. The molecule has 6 nitrogen and oxygen atoms in total. The van der Waals surface area contributed by atoms with Crippen molar-refractivity contribution in [2.75, 3.05) is 52.5 Å². The molecule has 1 fully saturated rings. The van der Waals surface area contributed by atoms with Crippen LogP contribution in [0.1, 0.15) is 30.9 Å². The molecule has 3 rings (SSSR count). The monoisotopic (exact) mass is 418 g/mol. The Balaban J connectivity index is 1.48. The molecule has 0 amide bonds. The topological polar surface area (TPSA) is 62.0 Å². The van der Waals surface area contributed by atoms with Gasteiger partial charge in [-0.05, 0) is 36.5 Å². The summed E-state index contributed by atoms with van der Waals surface area (Å²) in [6.45, 7) is 11.8. The summed E-state index contributed by atoms with van der Waals surface area (Å²) in [4.78, 5) is 8.72. The quantitative estimate of drug-likeness (QED) is 0.353. The Bertz CT molecular complexity index is 707. The van der Waals surface area contributed by atoms with Crippen molar-refractivity contribution in [1.82, 2.24) is 15.5 Å². The molecule has 7 heteroatoms. The Kier molecular flexibility index (Phi) is 8.58. The molecule has 0 spiro atoms. The van der Waals surface area contributed by atoms with Gasteiger partial charge in [0.2, 0.25) is 0 Å². The van der Waals surface area contributed by atoms with Crippen LogP contribution in [0.5, 0.6) is 0 Å². The fourth-order valence-corrected chi connectivity index (χ4v) is 4.13. The standard InChI is InChI=1S/C22H34N4O2S/c1-22(2,20-7-4-17-29-20)18-25-21(24-10-8-19-6-3-14-28-19)23-9-5-11-26-12-15-27-16-13-26/h3-4,6-7,14,17H,5,8-13,15-16,18H2,1-2H3,(H2,23,24,25). The van der Waals surface area contributed by atoms with Crippen LogP contribution >= 0.6 is 11.3 Å². The van der Waals surface area contributed by atoms with Crippen LogP contribution in [0.15, 0.2) is 45.3 Å². The highest BCUT2D eigenvalue weighted by Gasteiger charge is 2.21. The van der Waals surface area contributed by atoms with Gasteiger partial charge in [-0.25, -0.2) is 0 Å². The lowest BCUT2D eigenvalue weighted by atomic mass is 9.92. The minimum atomic E-state index is 0.0254. The van der Waals surface area contributed by atoms with E-state index in [1.54, 1.807) is 17.6 Å². The Morgan fingerprint density at radius 1 is 1.17 bits per heavy atom. The van der Waals surface area contributed by atoms with Gasteiger partial charge in [-0.15, -0.1) is 11.3 Å². The molecule has 0 saturated carbocycles. The molecule has 0 radical (unpaired) electrons. The maximum absolute atomic E-state index is 5.43. The van der Waals surface area contributed by atoms with Gasteiger partial charge < -0.3 is 19.8 Å². The first-order chi connectivity index (χ1) is 14.1. The second kappa shape index (κ2) is 11.4. The summed E-state index contributed by atoms with van der Waals surface area (Å²) in [5.41, 5.74) is 0.0254. The van der Waals surface area contributed by atoms with Gasteiger partial charge >= 0.3 is 0 Å². The molecule has 29 heavy (non-hydrogen) atoms. The molecular formula is C22H34N4O2S. The number of morpholine rings is 1. The largest absolute Gasteiger partial charge is 0.469 e. The van der Waals surface area contributed by atoms with Gasteiger partial charge in [0.1, 0.15) is 5.76 Å². The second-order valence-corrected chi connectivity index (χ2v) is 8.96. The van der Waals surface area contributed by atoms with Crippen molar-refractivity contribution in [2.24, 2.45) is 4.99 Å². The third-order valence-corrected chi connectivity index (χ3v) is 6.35. The molecule has 2 N–H and O–H groups in total. The van der Waals surface area contributed by atoms with Gasteiger partial charge in [0.25, 0.3) is 0 Å². The van der Waals surface area contributed by atoms with Crippen LogP contribution in [0.4, 0.5) is 0 Å². The normalized spacial score (nSPS) is 16.1. The van der Waals surface area contributed by atoms with Crippen LogP contribution in [0.3, 0.4) is 0 Å². The van der Waals surface area contributed by atoms with E-state index in [4.69, 9.17) is 14.1 Å². The van der Waals surface area contributed by atoms with Crippen LogP contribution in [0.2, 0.25) is 0 Å². The summed E-state index contributed by atoms with van der Waals surface area (Å²) in [5, 5.41) is 9.11. The van der Waals surface area contributed by atoms with Gasteiger partial charge in [-0.1, -0.05) is 19.9 Å². The average Bonchev–Trinajstić information content (AvgIpc) is 3.44. The predicted octanol–water partition coefficient (Wildman–Crippen LogP) is 3.12. The van der Waals surface area contributed by atoms with Crippen molar-refractivity contribution in [3.63, 3.8) is 0 Å². The molecule has 2 aromatic heterocycles. The molecule has 160 valence electrons. The van der Waals surface area contributed by atoms with Crippen molar-refractivity contribution in [3.05, 3.63) is 46.5 Å². The molecular weight excluding hydrogens is 384 g/mol. The number of nitrogens with zero attached hydrogens (tertiary/aromatic N) is 2. The highest BCUT2D eigenvalue weighted by molar-refractivity contribution is 7.10. The van der Waals surface area contributed by atoms with E-state index in [1.807, 2.05) is 12.1 Å². The van der Waals surface area contributed by atoms with E-state index in [-0.39, 0.29) is 5.41 Å². The number of guanidine groups is 1. The third-order valence-electron chi connectivity index (χ3n) is 5.11. The smallest absolute Gasteiger partial charge is 0.191 e. The first-order valence-electron chi connectivity index (χ1n) is 10.5. The summed E-state index contributed by atoms with van der Waals surface area (Å²) in [7, 11) is 0. The highest BCUT2D eigenvalue weighted by atomic mass is 32.1. The number of thiophene rings is 1. The van der Waals surface area contributed by atoms with Crippen molar-refractivity contribution in [1.29, 1.82) is 0 Å². The highest BCUT2D eigenvalue weighted by Crippen LogP contribution is 2.27. The molecule has 2 aromatic rings. The summed E-state index contributed by atoms with van der Waals surface area (Å²) in [6.07, 6.45) is 3.65. The fraction of sp³-hybridized carbons (Fsp3) is 0.591. The molecule has 0 bridgehead atoms. The maximum atomic E-state index is 5.43. The van der Waals surface area contributed by atoms with E-state index >= 15 is 0 Å². The number of hydrogen-bond acceptors (Lipinski definition) is 5. The summed E-state index contributed by atoms with van der Waals surface area (Å²) in [5.74, 6) is 1.87. The predicted molar refractivity (Wildman–Crippen MR) is 120 cm³/mol. The van der Waals surface area contributed by atoms with Crippen LogP contribution in [0.25, 0.3) is 0 Å². The number of nitrogens with one attached hydrogen (secondary N) is 2. The molecule has 0 unspecified atom stereocenters. The van der Waals surface area contributed by atoms with Crippen LogP contribution in [-0.4, -0.2) is 63.3 Å². The summed E-state index contributed by atoms with van der Waals surface area (Å²) < 4.78 is 10.8. The van der Waals surface area contributed by atoms with Gasteiger partial charge in [-0.3, -0.25) is 9.89 Å². The second-order valence-electron chi connectivity index (χ2n) is 8.02. The van der Waals surface area contributed by atoms with Gasteiger partial charge in [0.15, 0.2) is 5.96 Å². The van der Waals surface area contributed by atoms with E-state index < -0.39 is 0 Å². The molecule has 3 heterocycles. The summed E-state index contributed by atoms with van der Waals surface area (Å²) in [6, 6.07) is 8.24. The van der Waals surface area contributed by atoms with E-state index in [1.165, 1.54) is 4.88 Å². The number of aliphatic imine (C=N–C) groups is 1. The third kappa shape index (κ3) is 7.49. The number of hydrogen-bond donors (Lipinski definition) is 2. The zero-order chi connectivity index (χ0) is 20.4. The van der Waals surface area contributed by atoms with Crippen molar-refractivity contribution in [2.45, 2.75) is 32.1 Å². The van der Waals surface area contributed by atoms with Gasteiger partial charge in [-0.2, -0.15) is 0 Å². The SMILES string of the molecule is CC(C)(CN=C(NCCCN1CCOCC1)NCCc1ccco1)c1cccs1. The first kappa shape index (κ1) is 21.9. The molecule has 0 aromatic carbocycles. The number of furan rings is 1. The minimum Gasteiger partial charge on any atom is -0.469 e. The lowest BCUT2D eigenvalue weighted by Crippen LogP contribution is -2.42. The lowest BCUT2D eigenvalue weighted by Gasteiger charge is -2.26.